The number of H-pyrrole nitrogens is 1. The number of carbonyl (C=O) groups excluding carboxylic acids is 1. The molecule has 0 bridgehead atoms. The van der Waals surface area contributed by atoms with Gasteiger partial charge in [0.1, 0.15) is 5.82 Å². The van der Waals surface area contributed by atoms with Gasteiger partial charge in [0.2, 0.25) is 0 Å². The van der Waals surface area contributed by atoms with E-state index in [4.69, 9.17) is 0 Å². The minimum Gasteiger partial charge on any atom is -0.368 e. The number of para-hydroxylation sites is 1. The highest BCUT2D eigenvalue weighted by atomic mass is 19.1. The zero-order chi connectivity index (χ0) is 18.1. The lowest BCUT2D eigenvalue weighted by Gasteiger charge is -2.36. The number of nitrogens with one attached hydrogen (secondary N) is 1. The van der Waals surface area contributed by atoms with Crippen LogP contribution in [0.3, 0.4) is 0 Å². The van der Waals surface area contributed by atoms with Crippen LogP contribution in [0.5, 0.6) is 0 Å². The molecule has 0 saturated carbocycles. The minimum atomic E-state index is -0.658. The van der Waals surface area contributed by atoms with Crippen LogP contribution in [-0.4, -0.2) is 47.2 Å². The van der Waals surface area contributed by atoms with Crippen molar-refractivity contribution in [2.45, 2.75) is 0 Å². The summed E-state index contributed by atoms with van der Waals surface area (Å²) in [6, 6.07) is 14.2. The third kappa shape index (κ3) is 2.81. The molecular weight excluding hydrogens is 335 g/mol. The fourth-order valence-corrected chi connectivity index (χ4v) is 3.29. The molecule has 26 heavy (non-hydrogen) atoms. The van der Waals surface area contributed by atoms with Gasteiger partial charge in [0.05, 0.1) is 5.39 Å². The molecular formula is C19H17FN4O2. The predicted molar refractivity (Wildman–Crippen MR) is 96.9 cm³/mol. The standard InChI is InChI=1S/C19H17FN4O2/c20-15-8-4-7-14-16(15)18(25)22-21-17(14)19(26)24-11-9-23(10-12-24)13-5-2-1-3-6-13/h1-8H,9-12H2,(H,22,25). The maximum Gasteiger partial charge on any atom is 0.275 e. The largest absolute Gasteiger partial charge is 0.368 e. The number of nitrogens with zero attached hydrogens (tertiary/aromatic N) is 3. The Hall–Kier alpha value is -3.22. The van der Waals surface area contributed by atoms with Crippen LogP contribution in [0.4, 0.5) is 10.1 Å². The van der Waals surface area contributed by atoms with Crippen LogP contribution in [0, 0.1) is 5.82 Å². The Labute approximate surface area is 148 Å². The maximum absolute atomic E-state index is 14.0. The van der Waals surface area contributed by atoms with E-state index in [0.717, 1.165) is 5.69 Å². The Morgan fingerprint density at radius 3 is 2.46 bits per heavy atom. The van der Waals surface area contributed by atoms with Gasteiger partial charge in [0, 0.05) is 37.3 Å². The summed E-state index contributed by atoms with van der Waals surface area (Å²) >= 11 is 0. The first-order chi connectivity index (χ1) is 12.6. The molecule has 0 radical (unpaired) electrons. The zero-order valence-corrected chi connectivity index (χ0v) is 14.0. The highest BCUT2D eigenvalue weighted by molar-refractivity contribution is 6.04. The first-order valence-electron chi connectivity index (χ1n) is 8.41. The molecule has 1 aliphatic rings. The molecule has 1 saturated heterocycles. The summed E-state index contributed by atoms with van der Waals surface area (Å²) in [5.74, 6) is -0.960. The van der Waals surface area contributed by atoms with Gasteiger partial charge in [0.25, 0.3) is 11.5 Å². The third-order valence-corrected chi connectivity index (χ3v) is 4.66. The van der Waals surface area contributed by atoms with Crippen LogP contribution < -0.4 is 10.5 Å². The van der Waals surface area contributed by atoms with Gasteiger partial charge in [-0.1, -0.05) is 30.3 Å². The average Bonchev–Trinajstić information content (AvgIpc) is 2.69. The fourth-order valence-electron chi connectivity index (χ4n) is 3.29. The van der Waals surface area contributed by atoms with E-state index in [1.165, 1.54) is 12.1 Å². The quantitative estimate of drug-likeness (QED) is 0.766. The highest BCUT2D eigenvalue weighted by Crippen LogP contribution is 2.20. The van der Waals surface area contributed by atoms with Gasteiger partial charge >= 0.3 is 0 Å². The van der Waals surface area contributed by atoms with Crippen molar-refractivity contribution in [3.8, 4) is 0 Å². The highest BCUT2D eigenvalue weighted by Gasteiger charge is 2.25. The normalized spacial score (nSPS) is 14.7. The van der Waals surface area contributed by atoms with Crippen LogP contribution in [0.1, 0.15) is 10.5 Å². The molecule has 6 nitrogen and oxygen atoms in total. The summed E-state index contributed by atoms with van der Waals surface area (Å²) in [6.07, 6.45) is 0. The monoisotopic (exact) mass is 352 g/mol. The molecule has 0 atom stereocenters. The minimum absolute atomic E-state index is 0.0762. The summed E-state index contributed by atoms with van der Waals surface area (Å²) in [7, 11) is 0. The van der Waals surface area contributed by atoms with Crippen LogP contribution in [-0.2, 0) is 0 Å². The Morgan fingerprint density at radius 1 is 1.00 bits per heavy atom. The Kier molecular flexibility index (Phi) is 4.12. The van der Waals surface area contributed by atoms with Gasteiger partial charge in [-0.15, -0.1) is 0 Å². The molecule has 0 aliphatic carbocycles. The van der Waals surface area contributed by atoms with E-state index >= 15 is 0 Å². The summed E-state index contributed by atoms with van der Waals surface area (Å²) in [6.45, 7) is 2.47. The van der Waals surface area contributed by atoms with Gasteiger partial charge in [-0.05, 0) is 18.2 Å². The van der Waals surface area contributed by atoms with E-state index in [0.29, 0.717) is 26.2 Å². The first-order valence-corrected chi connectivity index (χ1v) is 8.41. The number of aromatic nitrogens is 2. The summed E-state index contributed by atoms with van der Waals surface area (Å²) in [5.41, 5.74) is 0.560. The molecule has 1 aromatic heterocycles. The first kappa shape index (κ1) is 16.3. The molecule has 0 unspecified atom stereocenters. The van der Waals surface area contributed by atoms with Gasteiger partial charge in [0.15, 0.2) is 5.69 Å². The number of piperazine rings is 1. The Balaban J connectivity index is 1.58. The van der Waals surface area contributed by atoms with E-state index in [1.807, 2.05) is 30.3 Å². The Morgan fingerprint density at radius 2 is 1.73 bits per heavy atom. The molecule has 7 heteroatoms. The van der Waals surface area contributed by atoms with Gasteiger partial charge < -0.3 is 9.80 Å². The average molecular weight is 352 g/mol. The lowest BCUT2D eigenvalue weighted by Crippen LogP contribution is -2.49. The number of amides is 1. The third-order valence-electron chi connectivity index (χ3n) is 4.66. The van der Waals surface area contributed by atoms with Crippen molar-refractivity contribution in [1.29, 1.82) is 0 Å². The van der Waals surface area contributed by atoms with E-state index in [-0.39, 0.29) is 22.4 Å². The van der Waals surface area contributed by atoms with E-state index in [2.05, 4.69) is 15.1 Å². The number of hydrogen-bond donors (Lipinski definition) is 1. The predicted octanol–water partition coefficient (Wildman–Crippen LogP) is 2.02. The van der Waals surface area contributed by atoms with Crippen LogP contribution >= 0.6 is 0 Å². The zero-order valence-electron chi connectivity index (χ0n) is 14.0. The number of carbonyl (C=O) groups is 1. The molecule has 1 amide bonds. The van der Waals surface area contributed by atoms with Crippen LogP contribution in [0.25, 0.3) is 10.8 Å². The smallest absolute Gasteiger partial charge is 0.275 e. The van der Waals surface area contributed by atoms with Gasteiger partial charge in [-0.2, -0.15) is 5.10 Å². The van der Waals surface area contributed by atoms with Gasteiger partial charge in [-0.3, -0.25) is 9.59 Å². The number of aromatic amines is 1. The molecule has 0 spiro atoms. The molecule has 3 aromatic rings. The number of rotatable bonds is 2. The second-order valence-electron chi connectivity index (χ2n) is 6.18. The summed E-state index contributed by atoms with van der Waals surface area (Å²) < 4.78 is 14.0. The number of halogens is 1. The fraction of sp³-hybridized carbons (Fsp3) is 0.211. The van der Waals surface area contributed by atoms with Crippen molar-refractivity contribution in [2.24, 2.45) is 0 Å². The van der Waals surface area contributed by atoms with Crippen LogP contribution in [0.2, 0.25) is 0 Å². The lowest BCUT2D eigenvalue weighted by molar-refractivity contribution is 0.0742. The number of hydrogen-bond acceptors (Lipinski definition) is 4. The molecule has 1 fully saturated rings. The maximum atomic E-state index is 14.0. The molecule has 1 N–H and O–H groups in total. The van der Waals surface area contributed by atoms with E-state index < -0.39 is 11.4 Å². The topological polar surface area (TPSA) is 69.3 Å². The van der Waals surface area contributed by atoms with Crippen molar-refractivity contribution in [3.05, 3.63) is 70.4 Å². The van der Waals surface area contributed by atoms with Crippen molar-refractivity contribution in [2.75, 3.05) is 31.1 Å². The van der Waals surface area contributed by atoms with Crippen molar-refractivity contribution in [3.63, 3.8) is 0 Å². The van der Waals surface area contributed by atoms with E-state index in [1.54, 1.807) is 11.0 Å². The van der Waals surface area contributed by atoms with Crippen LogP contribution in [0.15, 0.2) is 53.3 Å². The second-order valence-corrected chi connectivity index (χ2v) is 6.18. The summed E-state index contributed by atoms with van der Waals surface area (Å²) in [5, 5.41) is 6.23. The van der Waals surface area contributed by atoms with Crippen molar-refractivity contribution in [1.82, 2.24) is 15.1 Å². The second kappa shape index (κ2) is 6.59. The summed E-state index contributed by atoms with van der Waals surface area (Å²) in [4.78, 5) is 28.6. The molecule has 2 heterocycles. The molecule has 2 aromatic carbocycles. The SMILES string of the molecule is O=C(c1n[nH]c(=O)c2c(F)cccc12)N1CCN(c2ccccc2)CC1. The number of benzene rings is 2. The lowest BCUT2D eigenvalue weighted by atomic mass is 10.1. The van der Waals surface area contributed by atoms with Gasteiger partial charge in [-0.25, -0.2) is 9.49 Å². The number of fused-ring (bicyclic) bond motifs is 1. The van der Waals surface area contributed by atoms with Crippen molar-refractivity contribution < 1.29 is 9.18 Å². The number of anilines is 1. The Bertz CT molecular complexity index is 1010. The molecule has 4 rings (SSSR count). The van der Waals surface area contributed by atoms with E-state index in [9.17, 15) is 14.0 Å². The molecule has 132 valence electrons. The van der Waals surface area contributed by atoms with Crippen molar-refractivity contribution >= 4 is 22.4 Å². The molecule has 1 aliphatic heterocycles.